The Morgan fingerprint density at radius 3 is 2.07 bits per heavy atom. The minimum Gasteiger partial charge on any atom is -0.497 e. The molecule has 57 heavy (non-hydrogen) atoms. The van der Waals surface area contributed by atoms with Crippen molar-refractivity contribution in [2.45, 2.75) is 90.0 Å². The fraction of sp³-hybridized carbons (Fsp3) is 0.477. The first-order chi connectivity index (χ1) is 27.4. The first-order valence-electron chi connectivity index (χ1n) is 19.6. The van der Waals surface area contributed by atoms with E-state index in [2.05, 4.69) is 61.3 Å². The van der Waals surface area contributed by atoms with Crippen molar-refractivity contribution >= 4 is 8.53 Å². The van der Waals surface area contributed by atoms with Gasteiger partial charge in [-0.15, -0.1) is 0 Å². The van der Waals surface area contributed by atoms with Crippen LogP contribution in [0.3, 0.4) is 0 Å². The number of fused-ring (bicyclic) bond motifs is 2. The number of H-pyrrole nitrogens is 1. The van der Waals surface area contributed by atoms with Crippen molar-refractivity contribution < 1.29 is 28.0 Å². The molecule has 2 bridgehead atoms. The van der Waals surface area contributed by atoms with E-state index in [4.69, 9.17) is 34.6 Å². The summed E-state index contributed by atoms with van der Waals surface area (Å²) in [5.74, 6) is 1.15. The summed E-state index contributed by atoms with van der Waals surface area (Å²) < 4.78 is 43.5. The average molecular weight is 799 g/mol. The molecule has 4 aromatic rings. The van der Waals surface area contributed by atoms with Crippen LogP contribution in [-0.2, 0) is 24.1 Å². The number of rotatable bonds is 17. The maximum absolute atomic E-state index is 13.6. The zero-order valence-electron chi connectivity index (χ0n) is 34.1. The summed E-state index contributed by atoms with van der Waals surface area (Å²) in [7, 11) is 1.57. The van der Waals surface area contributed by atoms with Crippen LogP contribution in [0.15, 0.2) is 94.6 Å². The maximum Gasteiger partial charge on any atom is 0.330 e. The minimum atomic E-state index is -1.71. The molecular weight excluding hydrogens is 743 g/mol. The second-order valence-electron chi connectivity index (χ2n) is 15.5. The lowest BCUT2D eigenvalue weighted by Crippen LogP contribution is -2.53. The van der Waals surface area contributed by atoms with Gasteiger partial charge in [0.15, 0.2) is 0 Å². The van der Waals surface area contributed by atoms with Gasteiger partial charge in [-0.05, 0) is 94.3 Å². The van der Waals surface area contributed by atoms with E-state index in [1.54, 1.807) is 27.3 Å². The third-order valence-electron chi connectivity index (χ3n) is 11.2. The zero-order chi connectivity index (χ0) is 40.9. The lowest BCUT2D eigenvalue weighted by atomic mass is 9.72. The van der Waals surface area contributed by atoms with E-state index in [1.165, 1.54) is 4.57 Å². The molecule has 1 aliphatic carbocycles. The highest BCUT2D eigenvalue weighted by Crippen LogP contribution is 2.60. The zero-order valence-corrected chi connectivity index (χ0v) is 35.0. The van der Waals surface area contributed by atoms with Crippen LogP contribution in [0.1, 0.15) is 75.9 Å². The highest BCUT2D eigenvalue weighted by molar-refractivity contribution is 7.44. The topological polar surface area (TPSA) is 118 Å². The van der Waals surface area contributed by atoms with Crippen molar-refractivity contribution in [3.63, 3.8) is 0 Å². The van der Waals surface area contributed by atoms with Gasteiger partial charge in [0.1, 0.15) is 41.6 Å². The van der Waals surface area contributed by atoms with Crippen molar-refractivity contribution in [3.05, 3.63) is 140 Å². The molecule has 2 aliphatic rings. The molecule has 6 atom stereocenters. The van der Waals surface area contributed by atoms with Gasteiger partial charge in [-0.2, -0.15) is 0 Å². The van der Waals surface area contributed by atoms with Gasteiger partial charge in [0.05, 0.1) is 20.8 Å². The number of benzene rings is 3. The van der Waals surface area contributed by atoms with E-state index < -0.39 is 43.3 Å². The predicted molar refractivity (Wildman–Crippen MR) is 220 cm³/mol. The van der Waals surface area contributed by atoms with E-state index in [1.807, 2.05) is 66.7 Å². The Hall–Kier alpha value is -4.34. The molecule has 1 N–H and O–H groups in total. The summed E-state index contributed by atoms with van der Waals surface area (Å²) in [5, 5.41) is 0. The quantitative estimate of drug-likeness (QED) is 0.0494. The molecule has 2 unspecified atom stereocenters. The molecule has 2 fully saturated rings. The first-order valence-corrected chi connectivity index (χ1v) is 20.7. The molecule has 1 saturated carbocycles. The van der Waals surface area contributed by atoms with Gasteiger partial charge in [0, 0.05) is 29.8 Å². The number of ether oxygens (including phenoxy) is 4. The van der Waals surface area contributed by atoms with Gasteiger partial charge >= 0.3 is 5.69 Å². The van der Waals surface area contributed by atoms with Crippen LogP contribution >= 0.6 is 8.53 Å². The van der Waals surface area contributed by atoms with Crippen LogP contribution in [-0.4, -0.2) is 72.0 Å². The molecule has 0 radical (unpaired) electrons. The molecule has 0 amide bonds. The number of methoxy groups -OCH3 is 2. The van der Waals surface area contributed by atoms with Crippen LogP contribution in [0.25, 0.3) is 4.85 Å². The van der Waals surface area contributed by atoms with Crippen LogP contribution in [0.4, 0.5) is 0 Å². The van der Waals surface area contributed by atoms with Crippen molar-refractivity contribution in [2.24, 2.45) is 11.8 Å². The smallest absolute Gasteiger partial charge is 0.330 e. The van der Waals surface area contributed by atoms with Crippen LogP contribution in [0, 0.1) is 25.3 Å². The molecule has 304 valence electrons. The van der Waals surface area contributed by atoms with Gasteiger partial charge in [0.25, 0.3) is 14.1 Å². The number of aryl methyl sites for hydroxylation is 1. The van der Waals surface area contributed by atoms with Gasteiger partial charge in [-0.1, -0.05) is 61.5 Å². The Morgan fingerprint density at radius 2 is 1.53 bits per heavy atom. The summed E-state index contributed by atoms with van der Waals surface area (Å²) in [6, 6.07) is 26.0. The van der Waals surface area contributed by atoms with Crippen molar-refractivity contribution in [1.82, 2.24) is 14.2 Å². The molecule has 0 spiro atoms. The number of nitrogens with zero attached hydrogens (tertiary/aromatic N) is 3. The molecule has 1 aromatic heterocycles. The average Bonchev–Trinajstić information content (AvgIpc) is 3.43. The number of aromatic amines is 1. The largest absolute Gasteiger partial charge is 0.497 e. The van der Waals surface area contributed by atoms with Crippen molar-refractivity contribution in [3.8, 4) is 11.5 Å². The highest BCUT2D eigenvalue weighted by Gasteiger charge is 2.63. The highest BCUT2D eigenvalue weighted by atomic mass is 31.2. The lowest BCUT2D eigenvalue weighted by molar-refractivity contribution is -0.162. The normalized spacial score (nSPS) is 22.5. The SMILES string of the molecule is [C-]#[N+]CCOP(O[C@@H]1C2[C@H](C)CC[C@]1(COC(c1ccccc1)(c1ccc(OC)cc1)c1ccc(OC)cc1)O[C@H]2n1cc(C)c(=O)[nH]c1=O)N(C(C)C)C(C)C. The fourth-order valence-corrected chi connectivity index (χ4v) is 10.2. The fourth-order valence-electron chi connectivity index (χ4n) is 8.39. The van der Waals surface area contributed by atoms with E-state index in [-0.39, 0.29) is 43.7 Å². The predicted octanol–water partition coefficient (Wildman–Crippen LogP) is 7.85. The Bertz CT molecular complexity index is 2040. The number of hydrogen-bond donors (Lipinski definition) is 1. The standard InChI is InChI=1S/C44H55N4O8P/c1-29(2)48(30(3)4)57(54-26-25-45-7)56-39-38-31(5)23-24-43(39,55-41(38)47-27-32(6)40(49)46-42(47)50)28-53-44(33-13-11-10-12-14-33,34-15-19-36(51-8)20-16-34)35-17-21-37(52-9)22-18-35/h10-22,27,29-31,38-39,41H,23-26,28H2,1-6,8-9H3,(H,46,49,50)/t31-,38?,39-,41-,43-,57?/m1/s1. The van der Waals surface area contributed by atoms with Gasteiger partial charge in [-0.3, -0.25) is 14.3 Å². The van der Waals surface area contributed by atoms with E-state index in [0.717, 1.165) is 23.1 Å². The minimum absolute atomic E-state index is 0.0588. The van der Waals surface area contributed by atoms with E-state index >= 15 is 0 Å². The van der Waals surface area contributed by atoms with Gasteiger partial charge in [-0.25, -0.2) is 16.0 Å². The van der Waals surface area contributed by atoms with Crippen LogP contribution < -0.4 is 20.7 Å². The second-order valence-corrected chi connectivity index (χ2v) is 16.9. The number of nitrogens with one attached hydrogen (secondary N) is 1. The van der Waals surface area contributed by atoms with Crippen molar-refractivity contribution in [2.75, 3.05) is 34.0 Å². The lowest BCUT2D eigenvalue weighted by Gasteiger charge is -2.46. The Balaban J connectivity index is 1.54. The van der Waals surface area contributed by atoms with Gasteiger partial charge in [0.2, 0.25) is 6.54 Å². The maximum atomic E-state index is 13.6. The van der Waals surface area contributed by atoms with E-state index in [9.17, 15) is 9.59 Å². The molecule has 1 saturated heterocycles. The molecule has 1 aliphatic heterocycles. The summed E-state index contributed by atoms with van der Waals surface area (Å²) in [6.45, 7) is 20.2. The molecular formula is C44H55N4O8P. The Morgan fingerprint density at radius 1 is 0.947 bits per heavy atom. The third-order valence-corrected chi connectivity index (χ3v) is 13.3. The second kappa shape index (κ2) is 18.1. The number of aromatic nitrogens is 2. The number of hydrogen-bond acceptors (Lipinski definition) is 9. The molecule has 12 nitrogen and oxygen atoms in total. The molecule has 3 aromatic carbocycles. The van der Waals surface area contributed by atoms with E-state index in [0.29, 0.717) is 23.5 Å². The first kappa shape index (κ1) is 42.3. The van der Waals surface area contributed by atoms with Crippen LogP contribution in [0.5, 0.6) is 11.5 Å². The summed E-state index contributed by atoms with van der Waals surface area (Å²) >= 11 is 0. The Kier molecular flexibility index (Phi) is 13.4. The summed E-state index contributed by atoms with van der Waals surface area (Å²) in [5.41, 5.74) is -0.193. The third kappa shape index (κ3) is 8.47. The van der Waals surface area contributed by atoms with Crippen molar-refractivity contribution in [1.29, 1.82) is 0 Å². The summed E-state index contributed by atoms with van der Waals surface area (Å²) in [4.78, 5) is 32.2. The molecule has 13 heteroatoms. The van der Waals surface area contributed by atoms with Gasteiger partial charge < -0.3 is 32.8 Å². The molecule has 6 rings (SSSR count). The summed E-state index contributed by atoms with van der Waals surface area (Å²) in [6.07, 6.45) is 1.54. The molecule has 2 heterocycles. The monoisotopic (exact) mass is 798 g/mol. The van der Waals surface area contributed by atoms with Crippen LogP contribution in [0.2, 0.25) is 0 Å². The Labute approximate surface area is 336 Å².